The number of benzene rings is 4. The molecule has 0 aliphatic rings. The maximum Gasteiger partial charge on any atom is 0.149 e. The van der Waals surface area contributed by atoms with Crippen molar-refractivity contribution in [3.8, 4) is 11.8 Å². The maximum absolute atomic E-state index is 9.82. The molecule has 5 aromatic rings. The third-order valence-corrected chi connectivity index (χ3v) is 5.49. The fraction of sp³-hybridized carbons (Fsp3) is 0.0714. The fourth-order valence-electron chi connectivity index (χ4n) is 3.87. The number of imidazole rings is 1. The van der Waals surface area contributed by atoms with Gasteiger partial charge in [-0.05, 0) is 53.1 Å². The molecule has 0 saturated carbocycles. The van der Waals surface area contributed by atoms with Gasteiger partial charge in [-0.25, -0.2) is 4.98 Å². The van der Waals surface area contributed by atoms with E-state index in [0.29, 0.717) is 18.0 Å². The van der Waals surface area contributed by atoms with E-state index in [-0.39, 0.29) is 0 Å². The van der Waals surface area contributed by atoms with Gasteiger partial charge < -0.3 is 9.72 Å². The van der Waals surface area contributed by atoms with Crippen LogP contribution in [0.5, 0.6) is 5.75 Å². The molecule has 0 unspecified atom stereocenters. The van der Waals surface area contributed by atoms with Gasteiger partial charge in [-0.1, -0.05) is 66.7 Å². The summed E-state index contributed by atoms with van der Waals surface area (Å²) < 4.78 is 6.20. The van der Waals surface area contributed by atoms with Crippen molar-refractivity contribution < 1.29 is 4.74 Å². The van der Waals surface area contributed by atoms with Crippen molar-refractivity contribution in [3.63, 3.8) is 0 Å². The van der Waals surface area contributed by atoms with Crippen LogP contribution < -0.4 is 4.74 Å². The van der Waals surface area contributed by atoms with Gasteiger partial charge in [0.05, 0.1) is 16.6 Å². The van der Waals surface area contributed by atoms with E-state index in [2.05, 4.69) is 40.3 Å². The zero-order valence-electron chi connectivity index (χ0n) is 17.7. The number of nitrogens with one attached hydrogen (secondary N) is 1. The highest BCUT2D eigenvalue weighted by Gasteiger charge is 2.10. The number of nitriles is 1. The molecule has 0 aliphatic heterocycles. The summed E-state index contributed by atoms with van der Waals surface area (Å²) in [6, 6.07) is 30.5. The Kier molecular flexibility index (Phi) is 5.15. The number of nitrogens with zero attached hydrogens (tertiary/aromatic N) is 2. The number of para-hydroxylation sites is 1. The Balaban J connectivity index is 1.46. The lowest BCUT2D eigenvalue weighted by atomic mass is 10.1. The summed E-state index contributed by atoms with van der Waals surface area (Å²) in [6.45, 7) is 2.47. The van der Waals surface area contributed by atoms with Crippen LogP contribution in [0.4, 0.5) is 0 Å². The highest BCUT2D eigenvalue weighted by molar-refractivity contribution is 5.91. The van der Waals surface area contributed by atoms with E-state index in [0.717, 1.165) is 33.5 Å². The molecule has 4 aromatic carbocycles. The highest BCUT2D eigenvalue weighted by atomic mass is 16.5. The molecule has 0 bridgehead atoms. The van der Waals surface area contributed by atoms with Crippen molar-refractivity contribution in [2.24, 2.45) is 0 Å². The number of ether oxygens (including phenoxy) is 1. The number of aryl methyl sites for hydroxylation is 1. The summed E-state index contributed by atoms with van der Waals surface area (Å²) in [7, 11) is 0. The van der Waals surface area contributed by atoms with Gasteiger partial charge in [0.25, 0.3) is 0 Å². The number of allylic oxidation sites excluding steroid dienone is 1. The average molecular weight is 415 g/mol. The maximum atomic E-state index is 9.82. The van der Waals surface area contributed by atoms with Gasteiger partial charge in [0.15, 0.2) is 0 Å². The van der Waals surface area contributed by atoms with E-state index in [4.69, 9.17) is 4.74 Å². The molecule has 1 N–H and O–H groups in total. The lowest BCUT2D eigenvalue weighted by Crippen LogP contribution is -1.98. The molecule has 0 spiro atoms. The molecule has 0 radical (unpaired) electrons. The number of H-pyrrole nitrogens is 1. The Morgan fingerprint density at radius 3 is 2.72 bits per heavy atom. The number of aromatic amines is 1. The van der Waals surface area contributed by atoms with Crippen LogP contribution in [0.15, 0.2) is 84.9 Å². The van der Waals surface area contributed by atoms with Crippen molar-refractivity contribution in [3.05, 3.63) is 107 Å². The Hall–Kier alpha value is -4.36. The van der Waals surface area contributed by atoms with Crippen molar-refractivity contribution in [2.75, 3.05) is 0 Å². The summed E-state index contributed by atoms with van der Waals surface area (Å²) in [5.74, 6) is 1.28. The summed E-state index contributed by atoms with van der Waals surface area (Å²) >= 11 is 0. The van der Waals surface area contributed by atoms with E-state index in [1.807, 2.05) is 73.7 Å². The average Bonchev–Trinajstić information content (AvgIpc) is 3.24. The molecule has 0 amide bonds. The Morgan fingerprint density at radius 2 is 1.81 bits per heavy atom. The Bertz CT molecular complexity index is 1500. The molecule has 0 aliphatic carbocycles. The number of fused-ring (bicyclic) bond motifs is 2. The molecule has 0 atom stereocenters. The Labute approximate surface area is 186 Å². The first-order valence-electron chi connectivity index (χ1n) is 10.5. The minimum Gasteiger partial charge on any atom is -0.488 e. The molecule has 0 fully saturated rings. The fourth-order valence-corrected chi connectivity index (χ4v) is 3.87. The molecule has 5 rings (SSSR count). The second-order valence-electron chi connectivity index (χ2n) is 7.74. The molecular formula is C28H21N3O. The first-order chi connectivity index (χ1) is 15.7. The van der Waals surface area contributed by atoms with E-state index in [1.165, 1.54) is 10.8 Å². The minimum absolute atomic E-state index is 0.442. The van der Waals surface area contributed by atoms with Gasteiger partial charge in [0.1, 0.15) is 24.3 Å². The Morgan fingerprint density at radius 1 is 1.00 bits per heavy atom. The number of aromatic nitrogens is 2. The molecule has 32 heavy (non-hydrogen) atoms. The number of hydrogen-bond donors (Lipinski definition) is 1. The smallest absolute Gasteiger partial charge is 0.149 e. The second-order valence-corrected chi connectivity index (χ2v) is 7.74. The summed E-state index contributed by atoms with van der Waals surface area (Å²) in [5, 5.41) is 12.2. The van der Waals surface area contributed by atoms with Crippen molar-refractivity contribution in [1.29, 1.82) is 5.26 Å². The van der Waals surface area contributed by atoms with Crippen molar-refractivity contribution in [1.82, 2.24) is 9.97 Å². The van der Waals surface area contributed by atoms with Gasteiger partial charge >= 0.3 is 0 Å². The van der Waals surface area contributed by atoms with Crippen LogP contribution >= 0.6 is 0 Å². The van der Waals surface area contributed by atoms with Crippen molar-refractivity contribution >= 4 is 33.5 Å². The molecule has 1 heterocycles. The largest absolute Gasteiger partial charge is 0.488 e. The van der Waals surface area contributed by atoms with Crippen LogP contribution in [0.1, 0.15) is 22.5 Å². The van der Waals surface area contributed by atoms with Crippen molar-refractivity contribution in [2.45, 2.75) is 13.5 Å². The zero-order valence-corrected chi connectivity index (χ0v) is 17.7. The topological polar surface area (TPSA) is 61.7 Å². The van der Waals surface area contributed by atoms with Crippen LogP contribution in [-0.4, -0.2) is 9.97 Å². The van der Waals surface area contributed by atoms with E-state index in [9.17, 15) is 5.26 Å². The van der Waals surface area contributed by atoms with Gasteiger partial charge in [-0.15, -0.1) is 0 Å². The number of hydrogen-bond acceptors (Lipinski definition) is 3. The van der Waals surface area contributed by atoms with Crippen LogP contribution in [-0.2, 0) is 6.61 Å². The van der Waals surface area contributed by atoms with Crippen LogP contribution in [0.3, 0.4) is 0 Å². The quantitative estimate of drug-likeness (QED) is 0.326. The van der Waals surface area contributed by atoms with Gasteiger partial charge in [0, 0.05) is 5.56 Å². The summed E-state index contributed by atoms with van der Waals surface area (Å²) in [6.07, 6.45) is 1.82. The number of rotatable bonds is 5. The highest BCUT2D eigenvalue weighted by Crippen LogP contribution is 2.27. The standard InChI is InChI=1S/C28H21N3O/c1-19-13-14-25-26(15-19)31-28(30-25)23(17-29)16-21-8-3-5-12-27(21)32-18-22-10-6-9-20-7-2-4-11-24(20)22/h2-16H,18H2,1H3,(H,30,31). The summed E-state index contributed by atoms with van der Waals surface area (Å²) in [5.41, 5.74) is 5.31. The lowest BCUT2D eigenvalue weighted by Gasteiger charge is -2.11. The normalized spacial score (nSPS) is 11.6. The SMILES string of the molecule is Cc1ccc2nc(C(C#N)=Cc3ccccc3OCc3cccc4ccccc34)[nH]c2c1. The molecule has 0 saturated heterocycles. The first kappa shape index (κ1) is 19.6. The monoisotopic (exact) mass is 415 g/mol. The predicted molar refractivity (Wildman–Crippen MR) is 129 cm³/mol. The van der Waals surface area contributed by atoms with E-state index < -0.39 is 0 Å². The molecule has 4 nitrogen and oxygen atoms in total. The van der Waals surface area contributed by atoms with Gasteiger partial charge in [0.2, 0.25) is 0 Å². The van der Waals surface area contributed by atoms with E-state index >= 15 is 0 Å². The zero-order chi connectivity index (χ0) is 21.9. The molecule has 154 valence electrons. The first-order valence-corrected chi connectivity index (χ1v) is 10.5. The summed E-state index contributed by atoms with van der Waals surface area (Å²) in [4.78, 5) is 7.85. The van der Waals surface area contributed by atoms with Crippen LogP contribution in [0, 0.1) is 18.3 Å². The molecule has 4 heteroatoms. The van der Waals surface area contributed by atoms with Crippen LogP contribution in [0.25, 0.3) is 33.5 Å². The predicted octanol–water partition coefficient (Wildman–Crippen LogP) is 6.67. The second kappa shape index (κ2) is 8.41. The third-order valence-electron chi connectivity index (χ3n) is 5.49. The van der Waals surface area contributed by atoms with Crippen LogP contribution in [0.2, 0.25) is 0 Å². The van der Waals surface area contributed by atoms with Gasteiger partial charge in [-0.3, -0.25) is 0 Å². The lowest BCUT2D eigenvalue weighted by molar-refractivity contribution is 0.307. The third kappa shape index (κ3) is 3.84. The van der Waals surface area contributed by atoms with E-state index in [1.54, 1.807) is 0 Å². The molecule has 1 aromatic heterocycles. The molecular weight excluding hydrogens is 394 g/mol. The minimum atomic E-state index is 0.442. The van der Waals surface area contributed by atoms with Gasteiger partial charge in [-0.2, -0.15) is 5.26 Å².